The van der Waals surface area contributed by atoms with Gasteiger partial charge in [-0.2, -0.15) is 0 Å². The Morgan fingerprint density at radius 2 is 2.25 bits per heavy atom. The third-order valence-corrected chi connectivity index (χ3v) is 4.23. The highest BCUT2D eigenvalue weighted by atomic mass is 35.5. The number of benzene rings is 1. The number of rotatable bonds is 5. The number of ether oxygens (including phenoxy) is 1. The van der Waals surface area contributed by atoms with Crippen LogP contribution in [0.25, 0.3) is 0 Å². The summed E-state index contributed by atoms with van der Waals surface area (Å²) in [5.41, 5.74) is 0.904. The van der Waals surface area contributed by atoms with Crippen LogP contribution >= 0.6 is 11.6 Å². The van der Waals surface area contributed by atoms with Gasteiger partial charge in [0.15, 0.2) is 0 Å². The van der Waals surface area contributed by atoms with Gasteiger partial charge in [0.05, 0.1) is 17.7 Å². The van der Waals surface area contributed by atoms with Crippen LogP contribution in [0.1, 0.15) is 18.4 Å². The molecule has 1 atom stereocenters. The highest BCUT2D eigenvalue weighted by Crippen LogP contribution is 2.28. The molecule has 1 aromatic carbocycles. The summed E-state index contributed by atoms with van der Waals surface area (Å²) in [6, 6.07) is 5.72. The molecule has 1 heterocycles. The lowest BCUT2D eigenvalue weighted by Gasteiger charge is -2.33. The van der Waals surface area contributed by atoms with Gasteiger partial charge in [-0.05, 0) is 30.5 Å². The monoisotopic (exact) mass is 298 g/mol. The molecule has 0 spiro atoms. The zero-order chi connectivity index (χ0) is 13.9. The maximum Gasteiger partial charge on any atom is 0.142 e. The standard InChI is InChI=1S/C15H20ClFN2O/c16-14-4-1-11(7-15(14)17)8-18-9-13-10-19(5-6-20-13)12-2-3-12/h1,4,7,12-13,18H,2-3,5-6,8-10H2/t13-/m0/s1. The maximum atomic E-state index is 13.3. The van der Waals surface area contributed by atoms with Crippen molar-refractivity contribution in [2.24, 2.45) is 0 Å². The van der Waals surface area contributed by atoms with Crippen molar-refractivity contribution in [1.29, 1.82) is 0 Å². The predicted octanol–water partition coefficient (Wildman–Crippen LogP) is 2.43. The molecule has 3 nitrogen and oxygen atoms in total. The maximum absolute atomic E-state index is 13.3. The Kier molecular flexibility index (Phi) is 4.56. The fourth-order valence-electron chi connectivity index (χ4n) is 2.66. The van der Waals surface area contributed by atoms with Crippen molar-refractivity contribution in [3.63, 3.8) is 0 Å². The first kappa shape index (κ1) is 14.3. The second kappa shape index (κ2) is 6.39. The Labute approximate surface area is 124 Å². The second-order valence-electron chi connectivity index (χ2n) is 5.60. The molecule has 5 heteroatoms. The number of hydrogen-bond acceptors (Lipinski definition) is 3. The molecule has 0 amide bonds. The molecule has 1 saturated heterocycles. The summed E-state index contributed by atoms with van der Waals surface area (Å²) in [5.74, 6) is -0.361. The lowest BCUT2D eigenvalue weighted by Crippen LogP contribution is -2.47. The SMILES string of the molecule is Fc1cc(CNC[C@H]2CN(C3CC3)CCO2)ccc1Cl. The molecule has 110 valence electrons. The molecule has 1 aliphatic heterocycles. The van der Waals surface area contributed by atoms with Gasteiger partial charge in [-0.1, -0.05) is 17.7 Å². The molecule has 3 rings (SSSR count). The van der Waals surface area contributed by atoms with Crippen LogP contribution in [0.5, 0.6) is 0 Å². The number of morpholine rings is 1. The summed E-state index contributed by atoms with van der Waals surface area (Å²) in [6.07, 6.45) is 2.91. The summed E-state index contributed by atoms with van der Waals surface area (Å²) in [7, 11) is 0. The van der Waals surface area contributed by atoms with E-state index in [1.54, 1.807) is 6.07 Å². The van der Waals surface area contributed by atoms with Crippen LogP contribution < -0.4 is 5.32 Å². The number of nitrogens with one attached hydrogen (secondary N) is 1. The smallest absolute Gasteiger partial charge is 0.142 e. The lowest BCUT2D eigenvalue weighted by atomic mass is 10.2. The third kappa shape index (κ3) is 3.70. The average molecular weight is 299 g/mol. The van der Waals surface area contributed by atoms with Gasteiger partial charge in [0, 0.05) is 32.2 Å². The highest BCUT2D eigenvalue weighted by Gasteiger charge is 2.32. The third-order valence-electron chi connectivity index (χ3n) is 3.92. The largest absolute Gasteiger partial charge is 0.374 e. The van der Waals surface area contributed by atoms with Crippen LogP contribution in [0.2, 0.25) is 5.02 Å². The van der Waals surface area contributed by atoms with E-state index in [1.165, 1.54) is 18.9 Å². The molecule has 20 heavy (non-hydrogen) atoms. The van der Waals surface area contributed by atoms with E-state index in [0.717, 1.165) is 37.8 Å². The van der Waals surface area contributed by atoms with Crippen LogP contribution in [0.4, 0.5) is 4.39 Å². The van der Waals surface area contributed by atoms with E-state index >= 15 is 0 Å². The molecule has 2 aliphatic rings. The van der Waals surface area contributed by atoms with Crippen molar-refractivity contribution in [3.8, 4) is 0 Å². The number of hydrogen-bond donors (Lipinski definition) is 1. The van der Waals surface area contributed by atoms with Crippen molar-refractivity contribution in [2.75, 3.05) is 26.2 Å². The zero-order valence-electron chi connectivity index (χ0n) is 11.4. The topological polar surface area (TPSA) is 24.5 Å². The fraction of sp³-hybridized carbons (Fsp3) is 0.600. The van der Waals surface area contributed by atoms with E-state index in [0.29, 0.717) is 6.54 Å². The van der Waals surface area contributed by atoms with Gasteiger partial charge < -0.3 is 10.1 Å². The highest BCUT2D eigenvalue weighted by molar-refractivity contribution is 6.30. The summed E-state index contributed by atoms with van der Waals surface area (Å²) >= 11 is 5.67. The van der Waals surface area contributed by atoms with Gasteiger partial charge in [-0.15, -0.1) is 0 Å². The Hall–Kier alpha value is -0.680. The van der Waals surface area contributed by atoms with Crippen LogP contribution in [0.3, 0.4) is 0 Å². The van der Waals surface area contributed by atoms with E-state index in [4.69, 9.17) is 16.3 Å². The number of halogens is 2. The molecule has 0 unspecified atom stereocenters. The lowest BCUT2D eigenvalue weighted by molar-refractivity contribution is -0.0301. The van der Waals surface area contributed by atoms with E-state index in [-0.39, 0.29) is 16.9 Å². The van der Waals surface area contributed by atoms with Crippen molar-refractivity contribution >= 4 is 11.6 Å². The quantitative estimate of drug-likeness (QED) is 0.903. The van der Waals surface area contributed by atoms with E-state index in [1.807, 2.05) is 6.07 Å². The van der Waals surface area contributed by atoms with Gasteiger partial charge in [0.1, 0.15) is 5.82 Å². The molecule has 0 radical (unpaired) electrons. The average Bonchev–Trinajstić information content (AvgIpc) is 3.28. The Bertz CT molecular complexity index is 467. The van der Waals surface area contributed by atoms with Crippen molar-refractivity contribution in [2.45, 2.75) is 31.5 Å². The molecular weight excluding hydrogens is 279 g/mol. The summed E-state index contributed by atoms with van der Waals surface area (Å²) < 4.78 is 19.1. The van der Waals surface area contributed by atoms with Crippen LogP contribution in [0.15, 0.2) is 18.2 Å². The van der Waals surface area contributed by atoms with Gasteiger partial charge in [-0.25, -0.2) is 4.39 Å². The van der Waals surface area contributed by atoms with E-state index in [9.17, 15) is 4.39 Å². The van der Waals surface area contributed by atoms with E-state index < -0.39 is 0 Å². The molecule has 2 fully saturated rings. The Balaban J connectivity index is 1.43. The second-order valence-corrected chi connectivity index (χ2v) is 6.01. The van der Waals surface area contributed by atoms with Crippen molar-refractivity contribution in [1.82, 2.24) is 10.2 Å². The summed E-state index contributed by atoms with van der Waals surface area (Å²) in [4.78, 5) is 2.53. The molecule has 1 aromatic rings. The zero-order valence-corrected chi connectivity index (χ0v) is 12.2. The predicted molar refractivity (Wildman–Crippen MR) is 77.5 cm³/mol. The minimum atomic E-state index is -0.361. The van der Waals surface area contributed by atoms with Crippen molar-refractivity contribution in [3.05, 3.63) is 34.6 Å². The van der Waals surface area contributed by atoms with Crippen molar-refractivity contribution < 1.29 is 9.13 Å². The molecule has 1 saturated carbocycles. The van der Waals surface area contributed by atoms with Gasteiger partial charge in [-0.3, -0.25) is 4.90 Å². The molecule has 1 aliphatic carbocycles. The summed E-state index contributed by atoms with van der Waals surface area (Å²) in [5, 5.41) is 3.51. The Morgan fingerprint density at radius 3 is 3.00 bits per heavy atom. The summed E-state index contributed by atoms with van der Waals surface area (Å²) in [6.45, 7) is 4.32. The molecule has 0 bridgehead atoms. The van der Waals surface area contributed by atoms with Gasteiger partial charge in [0.2, 0.25) is 0 Å². The normalized spacial score (nSPS) is 24.0. The fourth-order valence-corrected chi connectivity index (χ4v) is 2.78. The first-order valence-corrected chi connectivity index (χ1v) is 7.60. The minimum Gasteiger partial charge on any atom is -0.374 e. The molecule has 0 aromatic heterocycles. The van der Waals surface area contributed by atoms with Gasteiger partial charge >= 0.3 is 0 Å². The minimum absolute atomic E-state index is 0.171. The Morgan fingerprint density at radius 1 is 1.40 bits per heavy atom. The van der Waals surface area contributed by atoms with Crippen LogP contribution in [-0.2, 0) is 11.3 Å². The first-order chi connectivity index (χ1) is 9.72. The van der Waals surface area contributed by atoms with Crippen LogP contribution in [0, 0.1) is 5.82 Å². The van der Waals surface area contributed by atoms with Gasteiger partial charge in [0.25, 0.3) is 0 Å². The van der Waals surface area contributed by atoms with Crippen LogP contribution in [-0.4, -0.2) is 43.3 Å². The van der Waals surface area contributed by atoms with E-state index in [2.05, 4.69) is 10.2 Å². The molecule has 1 N–H and O–H groups in total. The first-order valence-electron chi connectivity index (χ1n) is 7.22. The molecular formula is C15H20ClFN2O. The number of nitrogens with zero attached hydrogens (tertiary/aromatic N) is 1.